The molecule has 0 saturated carbocycles. The van der Waals surface area contributed by atoms with Gasteiger partial charge in [0.25, 0.3) is 5.91 Å². The number of likely N-dealkylation sites (tertiary alicyclic amines) is 1. The summed E-state index contributed by atoms with van der Waals surface area (Å²) in [5.74, 6) is -0.969. The number of nitrogens with zero attached hydrogens (tertiary/aromatic N) is 4. The largest absolute Gasteiger partial charge is 0.491 e. The molecule has 208 valence electrons. The first kappa shape index (κ1) is 27.7. The van der Waals surface area contributed by atoms with Crippen molar-refractivity contribution < 1.29 is 37.3 Å². The van der Waals surface area contributed by atoms with Gasteiger partial charge in [-0.25, -0.2) is 4.79 Å². The van der Waals surface area contributed by atoms with Crippen molar-refractivity contribution >= 4 is 12.0 Å². The summed E-state index contributed by atoms with van der Waals surface area (Å²) in [6.45, 7) is 7.41. The summed E-state index contributed by atoms with van der Waals surface area (Å²) in [5.41, 5.74) is -0.438. The second-order valence-corrected chi connectivity index (χ2v) is 10.7. The number of aromatic nitrogens is 2. The molecule has 2 amide bonds. The molecule has 4 rings (SSSR count). The highest BCUT2D eigenvalue weighted by Crippen LogP contribution is 2.33. The predicted octanol–water partition coefficient (Wildman–Crippen LogP) is 4.19. The molecule has 2 saturated heterocycles. The number of ether oxygens (including phenoxy) is 2. The number of benzene rings is 1. The fourth-order valence-electron chi connectivity index (χ4n) is 4.78. The molecule has 0 spiro atoms. The molecule has 0 radical (unpaired) electrons. The summed E-state index contributed by atoms with van der Waals surface area (Å²) < 4.78 is 55.7. The van der Waals surface area contributed by atoms with Crippen LogP contribution >= 0.6 is 0 Å². The number of carbonyl (C=O) groups excluding carboxylic acids is 1. The van der Waals surface area contributed by atoms with Gasteiger partial charge in [0, 0.05) is 37.4 Å². The molecule has 1 aromatic heterocycles. The number of hydrogen-bond donors (Lipinski definition) is 1. The van der Waals surface area contributed by atoms with E-state index in [-0.39, 0.29) is 29.4 Å². The predicted molar refractivity (Wildman–Crippen MR) is 131 cm³/mol. The Hall–Kier alpha value is -3.28. The van der Waals surface area contributed by atoms with Crippen LogP contribution < -0.4 is 10.2 Å². The maximum Gasteiger partial charge on any atom is 0.416 e. The van der Waals surface area contributed by atoms with Crippen molar-refractivity contribution in [1.29, 1.82) is 0 Å². The lowest BCUT2D eigenvalue weighted by Gasteiger charge is -2.38. The van der Waals surface area contributed by atoms with Gasteiger partial charge in [0.15, 0.2) is 5.49 Å². The summed E-state index contributed by atoms with van der Waals surface area (Å²) >= 11 is 0. The van der Waals surface area contributed by atoms with Crippen molar-refractivity contribution in [2.75, 3.05) is 19.8 Å². The quantitative estimate of drug-likeness (QED) is 0.595. The third-order valence-electron chi connectivity index (χ3n) is 6.98. The highest BCUT2D eigenvalue weighted by molar-refractivity contribution is 5.97. The lowest BCUT2D eigenvalue weighted by molar-refractivity contribution is -0.137. The molecule has 2 atom stereocenters. The lowest BCUT2D eigenvalue weighted by Crippen LogP contribution is -2.53. The smallest absolute Gasteiger partial charge is 0.416 e. The Morgan fingerprint density at radius 3 is 2.47 bits per heavy atom. The van der Waals surface area contributed by atoms with Crippen molar-refractivity contribution in [3.05, 3.63) is 46.6 Å². The summed E-state index contributed by atoms with van der Waals surface area (Å²) in [6.07, 6.45) is -3.48. The topological polar surface area (TPSA) is 98.3 Å². The van der Waals surface area contributed by atoms with Crippen LogP contribution in [0.4, 0.5) is 18.0 Å². The highest BCUT2D eigenvalue weighted by atomic mass is 19.4. The normalized spacial score (nSPS) is 20.5. The zero-order valence-electron chi connectivity index (χ0n) is 21.9. The van der Waals surface area contributed by atoms with E-state index in [1.165, 1.54) is 4.90 Å². The molecule has 9 nitrogen and oxygen atoms in total. The van der Waals surface area contributed by atoms with Crippen LogP contribution in [0.2, 0.25) is 0 Å². The van der Waals surface area contributed by atoms with E-state index in [2.05, 4.69) is 4.99 Å². The average Bonchev–Trinajstić information content (AvgIpc) is 3.41. The van der Waals surface area contributed by atoms with Crippen LogP contribution in [0.1, 0.15) is 61.6 Å². The molecule has 2 aliphatic rings. The molecule has 38 heavy (non-hydrogen) atoms. The lowest BCUT2D eigenvalue weighted by atomic mass is 9.92. The number of amides is 2. The third kappa shape index (κ3) is 5.90. The Morgan fingerprint density at radius 2 is 1.92 bits per heavy atom. The number of alkyl halides is 3. The van der Waals surface area contributed by atoms with Gasteiger partial charge in [0.05, 0.1) is 29.8 Å². The SMILES string of the molecule is Cn1c(C(C)(C)C)cc(=NC(=O)c2cc(C(F)(F)F)ccc2OC[C@H]2CCN2C(=O)O)n1C[C@H]1CCCO1. The molecule has 1 aromatic carbocycles. The highest BCUT2D eigenvalue weighted by Gasteiger charge is 2.34. The molecule has 2 aromatic rings. The first-order valence-electron chi connectivity index (χ1n) is 12.6. The van der Waals surface area contributed by atoms with Crippen LogP contribution in [0.25, 0.3) is 0 Å². The minimum absolute atomic E-state index is 0.0578. The number of carboxylic acid groups (broad SMARTS) is 1. The average molecular weight is 539 g/mol. The van der Waals surface area contributed by atoms with Gasteiger partial charge in [0.2, 0.25) is 0 Å². The molecule has 1 N–H and O–H groups in total. The van der Waals surface area contributed by atoms with Crippen LogP contribution in [0.5, 0.6) is 5.75 Å². The van der Waals surface area contributed by atoms with E-state index in [4.69, 9.17) is 9.47 Å². The van der Waals surface area contributed by atoms with E-state index in [1.54, 1.807) is 6.07 Å². The van der Waals surface area contributed by atoms with E-state index in [1.807, 2.05) is 37.2 Å². The van der Waals surface area contributed by atoms with Gasteiger partial charge in [-0.3, -0.25) is 14.2 Å². The Balaban J connectivity index is 1.72. The second kappa shape index (κ2) is 10.5. The molecule has 3 heterocycles. The number of carbonyl (C=O) groups is 2. The molecule has 12 heteroatoms. The Bertz CT molecular complexity index is 1270. The molecule has 2 fully saturated rings. The molecular formula is C26H33F3N4O5. The van der Waals surface area contributed by atoms with E-state index in [0.717, 1.165) is 36.7 Å². The first-order chi connectivity index (χ1) is 17.8. The van der Waals surface area contributed by atoms with Crippen LogP contribution in [0.15, 0.2) is 29.3 Å². The summed E-state index contributed by atoms with van der Waals surface area (Å²) in [4.78, 5) is 30.1. The monoisotopic (exact) mass is 538 g/mol. The molecule has 0 bridgehead atoms. The third-order valence-corrected chi connectivity index (χ3v) is 6.98. The van der Waals surface area contributed by atoms with Crippen molar-refractivity contribution in [1.82, 2.24) is 14.3 Å². The van der Waals surface area contributed by atoms with Gasteiger partial charge < -0.3 is 19.5 Å². The summed E-state index contributed by atoms with van der Waals surface area (Å²) in [7, 11) is 1.85. The van der Waals surface area contributed by atoms with Crippen molar-refractivity contribution in [3.8, 4) is 5.75 Å². The molecule has 0 unspecified atom stereocenters. The standard InChI is InChI=1S/C26H33F3N4O5/c1-25(2,3)21-13-22(33(31(21)4)14-18-6-5-11-37-18)30-23(34)19-12-16(26(27,28)29)7-8-20(19)38-15-17-9-10-32(17)24(35)36/h7-8,12-13,17-18H,5-6,9-11,14-15H2,1-4H3,(H,35,36)/t17-,18-/m1/s1. The minimum Gasteiger partial charge on any atom is -0.491 e. The fraction of sp³-hybridized carbons (Fsp3) is 0.577. The van der Waals surface area contributed by atoms with Crippen molar-refractivity contribution in [3.63, 3.8) is 0 Å². The van der Waals surface area contributed by atoms with Gasteiger partial charge in [-0.1, -0.05) is 20.8 Å². The fourth-order valence-corrected chi connectivity index (χ4v) is 4.78. The maximum atomic E-state index is 13.5. The van der Waals surface area contributed by atoms with Crippen LogP contribution in [0, 0.1) is 0 Å². The van der Waals surface area contributed by atoms with Crippen LogP contribution in [-0.2, 0) is 29.9 Å². The minimum atomic E-state index is -4.67. The van der Waals surface area contributed by atoms with Gasteiger partial charge >= 0.3 is 12.3 Å². The second-order valence-electron chi connectivity index (χ2n) is 10.7. The molecular weight excluding hydrogens is 505 g/mol. The van der Waals surface area contributed by atoms with Crippen LogP contribution in [-0.4, -0.2) is 63.3 Å². The zero-order chi connectivity index (χ0) is 27.8. The number of rotatable bonds is 6. The summed E-state index contributed by atoms with van der Waals surface area (Å²) in [5, 5.41) is 9.21. The Morgan fingerprint density at radius 1 is 1.18 bits per heavy atom. The maximum absolute atomic E-state index is 13.5. The molecule has 2 aliphatic heterocycles. The van der Waals surface area contributed by atoms with Gasteiger partial charge in [0.1, 0.15) is 12.4 Å². The van der Waals surface area contributed by atoms with Crippen molar-refractivity contribution in [2.45, 2.75) is 70.3 Å². The van der Waals surface area contributed by atoms with E-state index in [0.29, 0.717) is 31.6 Å². The van der Waals surface area contributed by atoms with E-state index < -0.39 is 29.8 Å². The zero-order valence-corrected chi connectivity index (χ0v) is 21.9. The van der Waals surface area contributed by atoms with Gasteiger partial charge in [-0.2, -0.15) is 18.2 Å². The number of halogens is 3. The van der Waals surface area contributed by atoms with Crippen LogP contribution in [0.3, 0.4) is 0 Å². The van der Waals surface area contributed by atoms with E-state index in [9.17, 15) is 27.9 Å². The number of hydrogen-bond acceptors (Lipinski definition) is 4. The Labute approximate surface area is 218 Å². The van der Waals surface area contributed by atoms with Crippen molar-refractivity contribution in [2.24, 2.45) is 12.0 Å². The van der Waals surface area contributed by atoms with E-state index >= 15 is 0 Å². The van der Waals surface area contributed by atoms with Gasteiger partial charge in [-0.15, -0.1) is 0 Å². The summed E-state index contributed by atoms with van der Waals surface area (Å²) in [6, 6.07) is 3.97. The Kier molecular flexibility index (Phi) is 7.64. The van der Waals surface area contributed by atoms with Gasteiger partial charge in [-0.05, 0) is 37.5 Å². The molecule has 0 aliphatic carbocycles. The first-order valence-corrected chi connectivity index (χ1v) is 12.6.